The number of pyridine rings is 1. The number of hydrogen-bond acceptors (Lipinski definition) is 4. The molecule has 17 heavy (non-hydrogen) atoms. The van der Waals surface area contributed by atoms with Crippen molar-refractivity contribution in [2.75, 3.05) is 5.73 Å². The van der Waals surface area contributed by atoms with E-state index in [-0.39, 0.29) is 0 Å². The predicted octanol–water partition coefficient (Wildman–Crippen LogP) is 2.78. The first-order valence-electron chi connectivity index (χ1n) is 5.32. The van der Waals surface area contributed by atoms with E-state index in [2.05, 4.69) is 10.1 Å². The summed E-state index contributed by atoms with van der Waals surface area (Å²) in [6.45, 7) is 1.98. The minimum absolute atomic E-state index is 0.391. The van der Waals surface area contributed by atoms with Crippen molar-refractivity contribution < 1.29 is 4.52 Å². The summed E-state index contributed by atoms with van der Waals surface area (Å²) in [5, 5.41) is 4.75. The number of nitrogens with zero attached hydrogens (tertiary/aromatic N) is 2. The zero-order valence-electron chi connectivity index (χ0n) is 9.34. The molecule has 0 aliphatic heterocycles. The lowest BCUT2D eigenvalue weighted by molar-refractivity contribution is 0.436. The van der Waals surface area contributed by atoms with Crippen molar-refractivity contribution in [1.82, 2.24) is 10.1 Å². The second-order valence-electron chi connectivity index (χ2n) is 3.98. The van der Waals surface area contributed by atoms with Crippen molar-refractivity contribution in [2.45, 2.75) is 6.92 Å². The van der Waals surface area contributed by atoms with Crippen LogP contribution in [-0.4, -0.2) is 10.1 Å². The van der Waals surface area contributed by atoms with E-state index < -0.39 is 0 Å². The normalized spacial score (nSPS) is 10.9. The van der Waals surface area contributed by atoms with Gasteiger partial charge in [-0.15, -0.1) is 0 Å². The monoisotopic (exact) mass is 225 g/mol. The standard InChI is InChI=1S/C13H11N3O/c1-8-2-3-9-6-10(4-5-11(9)15-8)12-7-13(14)16-17-12/h2-7H,1H3,(H2,14,16). The fraction of sp³-hybridized carbons (Fsp3) is 0.0769. The molecule has 2 heterocycles. The second kappa shape index (κ2) is 3.59. The Morgan fingerprint density at radius 3 is 2.76 bits per heavy atom. The Morgan fingerprint density at radius 1 is 1.12 bits per heavy atom. The van der Waals surface area contributed by atoms with Crippen molar-refractivity contribution in [3.8, 4) is 11.3 Å². The highest BCUT2D eigenvalue weighted by atomic mass is 16.5. The molecule has 0 amide bonds. The van der Waals surface area contributed by atoms with Gasteiger partial charge in [0.25, 0.3) is 0 Å². The van der Waals surface area contributed by atoms with Gasteiger partial charge >= 0.3 is 0 Å². The SMILES string of the molecule is Cc1ccc2cc(-c3cc(N)no3)ccc2n1. The van der Waals surface area contributed by atoms with Gasteiger partial charge in [0.1, 0.15) is 0 Å². The summed E-state index contributed by atoms with van der Waals surface area (Å²) in [5.74, 6) is 1.06. The largest absolute Gasteiger partial charge is 0.381 e. The lowest BCUT2D eigenvalue weighted by Gasteiger charge is -2.00. The van der Waals surface area contributed by atoms with E-state index in [9.17, 15) is 0 Å². The maximum atomic E-state index is 5.53. The molecule has 2 N–H and O–H groups in total. The minimum Gasteiger partial charge on any atom is -0.381 e. The van der Waals surface area contributed by atoms with Gasteiger partial charge in [0.05, 0.1) is 5.52 Å². The highest BCUT2D eigenvalue weighted by Crippen LogP contribution is 2.24. The molecule has 84 valence electrons. The average molecular weight is 225 g/mol. The third kappa shape index (κ3) is 1.73. The van der Waals surface area contributed by atoms with Gasteiger partial charge in [0, 0.05) is 22.7 Å². The van der Waals surface area contributed by atoms with Crippen LogP contribution in [0.15, 0.2) is 40.9 Å². The Labute approximate surface area is 98.1 Å². The molecule has 0 saturated heterocycles. The molecule has 0 saturated carbocycles. The van der Waals surface area contributed by atoms with Crippen molar-refractivity contribution in [3.05, 3.63) is 42.1 Å². The van der Waals surface area contributed by atoms with Gasteiger partial charge in [-0.2, -0.15) is 0 Å². The molecular formula is C13H11N3O. The van der Waals surface area contributed by atoms with E-state index in [0.717, 1.165) is 22.2 Å². The first-order chi connectivity index (χ1) is 8.22. The highest BCUT2D eigenvalue weighted by Gasteiger charge is 2.05. The van der Waals surface area contributed by atoms with Gasteiger partial charge in [-0.3, -0.25) is 4.98 Å². The molecule has 4 nitrogen and oxygen atoms in total. The van der Waals surface area contributed by atoms with E-state index >= 15 is 0 Å². The van der Waals surface area contributed by atoms with E-state index in [0.29, 0.717) is 11.6 Å². The number of nitrogens with two attached hydrogens (primary N) is 1. The van der Waals surface area contributed by atoms with Crippen molar-refractivity contribution in [3.63, 3.8) is 0 Å². The molecule has 0 aliphatic carbocycles. The van der Waals surface area contributed by atoms with Crippen LogP contribution in [0.5, 0.6) is 0 Å². The third-order valence-electron chi connectivity index (χ3n) is 2.64. The van der Waals surface area contributed by atoms with Gasteiger partial charge in [-0.1, -0.05) is 11.2 Å². The molecule has 2 aromatic heterocycles. The Kier molecular flexibility index (Phi) is 2.08. The predicted molar refractivity (Wildman–Crippen MR) is 66.4 cm³/mol. The zero-order chi connectivity index (χ0) is 11.8. The number of anilines is 1. The topological polar surface area (TPSA) is 64.9 Å². The van der Waals surface area contributed by atoms with Crippen LogP contribution in [0.2, 0.25) is 0 Å². The van der Waals surface area contributed by atoms with E-state index in [4.69, 9.17) is 10.3 Å². The molecule has 0 radical (unpaired) electrons. The molecule has 0 atom stereocenters. The maximum Gasteiger partial charge on any atom is 0.169 e. The van der Waals surface area contributed by atoms with Crippen LogP contribution >= 0.6 is 0 Å². The fourth-order valence-corrected chi connectivity index (χ4v) is 1.81. The van der Waals surface area contributed by atoms with Crippen LogP contribution < -0.4 is 5.73 Å². The van der Waals surface area contributed by atoms with E-state index in [1.54, 1.807) is 6.07 Å². The summed E-state index contributed by atoms with van der Waals surface area (Å²) in [6.07, 6.45) is 0. The van der Waals surface area contributed by atoms with Crippen molar-refractivity contribution >= 4 is 16.7 Å². The van der Waals surface area contributed by atoms with Gasteiger partial charge in [0.15, 0.2) is 11.6 Å². The van der Waals surface area contributed by atoms with Gasteiger partial charge in [-0.05, 0) is 31.2 Å². The molecule has 3 aromatic rings. The van der Waals surface area contributed by atoms with Crippen LogP contribution in [0, 0.1) is 6.92 Å². The number of benzene rings is 1. The molecule has 4 heteroatoms. The van der Waals surface area contributed by atoms with E-state index in [1.165, 1.54) is 0 Å². The van der Waals surface area contributed by atoms with Gasteiger partial charge < -0.3 is 10.3 Å². The van der Waals surface area contributed by atoms with E-state index in [1.807, 2.05) is 37.3 Å². The van der Waals surface area contributed by atoms with Gasteiger partial charge in [0.2, 0.25) is 0 Å². The van der Waals surface area contributed by atoms with Crippen LogP contribution in [-0.2, 0) is 0 Å². The first-order valence-corrected chi connectivity index (χ1v) is 5.32. The molecule has 0 fully saturated rings. The summed E-state index contributed by atoms with van der Waals surface area (Å²) < 4.78 is 5.13. The molecular weight excluding hydrogens is 214 g/mol. The van der Waals surface area contributed by atoms with Crippen LogP contribution in [0.3, 0.4) is 0 Å². The lowest BCUT2D eigenvalue weighted by atomic mass is 10.1. The van der Waals surface area contributed by atoms with Gasteiger partial charge in [-0.25, -0.2) is 0 Å². The number of nitrogen functional groups attached to an aromatic ring is 1. The third-order valence-corrected chi connectivity index (χ3v) is 2.64. The summed E-state index contributed by atoms with van der Waals surface area (Å²) in [5.41, 5.74) is 8.46. The lowest BCUT2D eigenvalue weighted by Crippen LogP contribution is -1.83. The van der Waals surface area contributed by atoms with Crippen LogP contribution in [0.1, 0.15) is 5.69 Å². The quantitative estimate of drug-likeness (QED) is 0.691. The molecule has 0 spiro atoms. The second-order valence-corrected chi connectivity index (χ2v) is 3.98. The van der Waals surface area contributed by atoms with Crippen LogP contribution in [0.4, 0.5) is 5.82 Å². The Morgan fingerprint density at radius 2 is 2.00 bits per heavy atom. The average Bonchev–Trinajstić information content (AvgIpc) is 2.75. The highest BCUT2D eigenvalue weighted by molar-refractivity contribution is 5.83. The molecule has 0 aliphatic rings. The minimum atomic E-state index is 0.391. The number of aromatic nitrogens is 2. The van der Waals surface area contributed by atoms with Crippen molar-refractivity contribution in [1.29, 1.82) is 0 Å². The molecule has 0 bridgehead atoms. The maximum absolute atomic E-state index is 5.53. The smallest absolute Gasteiger partial charge is 0.169 e. The molecule has 0 unspecified atom stereocenters. The van der Waals surface area contributed by atoms with Crippen LogP contribution in [0.25, 0.3) is 22.2 Å². The van der Waals surface area contributed by atoms with Crippen molar-refractivity contribution in [2.24, 2.45) is 0 Å². The molecule has 1 aromatic carbocycles. The number of aryl methyl sites for hydroxylation is 1. The zero-order valence-corrected chi connectivity index (χ0v) is 9.34. The number of fused-ring (bicyclic) bond motifs is 1. The molecule has 3 rings (SSSR count). The Hall–Kier alpha value is -2.36. The number of hydrogen-bond donors (Lipinski definition) is 1. The summed E-state index contributed by atoms with van der Waals surface area (Å²) >= 11 is 0. The first kappa shape index (κ1) is 9.84. The number of rotatable bonds is 1. The summed E-state index contributed by atoms with van der Waals surface area (Å²) in [6, 6.07) is 11.7. The Balaban J connectivity index is 2.16. The summed E-state index contributed by atoms with van der Waals surface area (Å²) in [7, 11) is 0. The summed E-state index contributed by atoms with van der Waals surface area (Å²) in [4.78, 5) is 4.44. The Bertz CT molecular complexity index is 688. The fourth-order valence-electron chi connectivity index (χ4n) is 1.81.